The summed E-state index contributed by atoms with van der Waals surface area (Å²) < 4.78 is 21.1. The predicted octanol–water partition coefficient (Wildman–Crippen LogP) is 0.998. The third-order valence-electron chi connectivity index (χ3n) is 9.76. The summed E-state index contributed by atoms with van der Waals surface area (Å²) in [7, 11) is 1.61. The number of rotatable bonds is 29. The lowest BCUT2D eigenvalue weighted by Crippen LogP contribution is -2.44. The smallest absolute Gasteiger partial charge is 0.328 e. The van der Waals surface area contributed by atoms with Gasteiger partial charge in [0, 0.05) is 66.3 Å². The van der Waals surface area contributed by atoms with Gasteiger partial charge in [-0.25, -0.2) is 4.79 Å². The van der Waals surface area contributed by atoms with Crippen molar-refractivity contribution in [1.29, 1.82) is 0 Å². The molecule has 2 aromatic heterocycles. The molecule has 0 aliphatic heterocycles. The molecule has 336 valence electrons. The quantitative estimate of drug-likeness (QED) is 0.0356. The van der Waals surface area contributed by atoms with Crippen molar-refractivity contribution in [2.24, 2.45) is 11.7 Å². The van der Waals surface area contributed by atoms with Crippen molar-refractivity contribution < 1.29 is 48.0 Å². The van der Waals surface area contributed by atoms with Gasteiger partial charge in [0.25, 0.3) is 11.5 Å². The molecule has 1 aliphatic rings. The van der Waals surface area contributed by atoms with E-state index < -0.39 is 29.9 Å². The van der Waals surface area contributed by atoms with Crippen molar-refractivity contribution in [3.05, 3.63) is 57.5 Å². The number of nitrogens with two attached hydrogens (primary N) is 2. The Kier molecular flexibility index (Phi) is 20.8. The minimum absolute atomic E-state index is 0.000108. The first-order chi connectivity index (χ1) is 29.4. The van der Waals surface area contributed by atoms with Gasteiger partial charge in [-0.2, -0.15) is 28.5 Å². The van der Waals surface area contributed by atoms with Crippen LogP contribution in [0.3, 0.4) is 0 Å². The number of carbonyl (C=O) groups is 5. The van der Waals surface area contributed by atoms with Gasteiger partial charge in [0.05, 0.1) is 44.5 Å². The van der Waals surface area contributed by atoms with Crippen LogP contribution in [0.25, 0.3) is 11.0 Å². The molecule has 1 saturated carbocycles. The number of thioether (sulfide) groups is 2. The van der Waals surface area contributed by atoms with Gasteiger partial charge >= 0.3 is 11.9 Å². The van der Waals surface area contributed by atoms with E-state index in [2.05, 4.69) is 30.9 Å². The van der Waals surface area contributed by atoms with E-state index in [0.29, 0.717) is 72.2 Å². The maximum Gasteiger partial charge on any atom is 0.328 e. The Labute approximate surface area is 362 Å². The summed E-state index contributed by atoms with van der Waals surface area (Å²) in [5, 5.41) is 18.6. The number of ether oxygens (including phenoxy) is 4. The number of anilines is 1. The van der Waals surface area contributed by atoms with Crippen LogP contribution >= 0.6 is 23.5 Å². The molecule has 2 heterocycles. The summed E-state index contributed by atoms with van der Waals surface area (Å²) in [6.07, 6.45) is 4.33. The van der Waals surface area contributed by atoms with Gasteiger partial charge in [-0.3, -0.25) is 29.0 Å². The number of nitrogen functional groups attached to an aromatic ring is 1. The number of esters is 1. The van der Waals surface area contributed by atoms with Crippen LogP contribution in [0.2, 0.25) is 0 Å². The number of aromatic amines is 2. The third kappa shape index (κ3) is 16.6. The average Bonchev–Trinajstić information content (AvgIpc) is 3.64. The van der Waals surface area contributed by atoms with E-state index in [1.54, 1.807) is 61.1 Å². The molecule has 1 aliphatic carbocycles. The first kappa shape index (κ1) is 49.0. The number of hydrogen-bond donors (Lipinski definition) is 8. The standard InChI is InChI=1S/C40H58N8O11S2/c1-24(35(51)43-13-15-57-18-17-56-2)22-60-30-10-11-31(30)61-23-28(41)37(53)44-14-16-58-19-20-59-39(55)29(9-12-32(49)50)46-36(52)26-6-3-25(4-7-26)5-8-27-21-45-34-33(27)38(54)48-40(42)47-34/h3-4,6-7,21,24,28-31H,5,8-20,22-23,41H2,1-2H3,(H,43,51)(H,44,53)(H,46,52)(H,49,50)(H4,42,45,47,48,54)/t24?,28?,29-,30?,31?/m1/s1. The summed E-state index contributed by atoms with van der Waals surface area (Å²) in [5.41, 5.74) is 13.7. The van der Waals surface area contributed by atoms with Gasteiger partial charge in [-0.15, -0.1) is 0 Å². The first-order valence-corrected chi connectivity index (χ1v) is 22.3. The molecule has 4 rings (SSSR count). The Hall–Kier alpha value is -4.67. The van der Waals surface area contributed by atoms with Crippen LogP contribution in [0, 0.1) is 5.92 Å². The zero-order valence-corrected chi connectivity index (χ0v) is 36.2. The molecule has 19 nitrogen and oxygen atoms in total. The second-order valence-corrected chi connectivity index (χ2v) is 17.0. The first-order valence-electron chi connectivity index (χ1n) is 20.2. The summed E-state index contributed by atoms with van der Waals surface area (Å²) in [4.78, 5) is 84.0. The molecule has 0 bridgehead atoms. The summed E-state index contributed by atoms with van der Waals surface area (Å²) >= 11 is 3.45. The monoisotopic (exact) mass is 890 g/mol. The number of methoxy groups -OCH3 is 1. The van der Waals surface area contributed by atoms with Crippen molar-refractivity contribution in [1.82, 2.24) is 30.9 Å². The molecule has 4 unspecified atom stereocenters. The van der Waals surface area contributed by atoms with E-state index in [9.17, 15) is 33.9 Å². The highest BCUT2D eigenvalue weighted by Crippen LogP contribution is 2.40. The number of carbonyl (C=O) groups excluding carboxylic acids is 4. The fraction of sp³-hybridized carbons (Fsp3) is 0.575. The lowest BCUT2D eigenvalue weighted by Gasteiger charge is -2.36. The molecule has 61 heavy (non-hydrogen) atoms. The number of carboxylic acids is 1. The number of amides is 3. The van der Waals surface area contributed by atoms with E-state index in [0.717, 1.165) is 24.0 Å². The Balaban J connectivity index is 1.08. The van der Waals surface area contributed by atoms with Crippen LogP contribution in [-0.4, -0.2) is 144 Å². The lowest BCUT2D eigenvalue weighted by molar-refractivity contribution is -0.148. The van der Waals surface area contributed by atoms with Crippen LogP contribution in [0.1, 0.15) is 54.1 Å². The Bertz CT molecular complexity index is 1950. The topological polar surface area (TPSA) is 292 Å². The molecule has 1 fully saturated rings. The molecular formula is C40H58N8O11S2. The lowest BCUT2D eigenvalue weighted by atomic mass is 9.99. The van der Waals surface area contributed by atoms with Gasteiger partial charge < -0.3 is 56.5 Å². The van der Waals surface area contributed by atoms with Gasteiger partial charge in [0.2, 0.25) is 17.8 Å². The third-order valence-corrected chi connectivity index (χ3v) is 13.2. The maximum atomic E-state index is 13.0. The highest BCUT2D eigenvalue weighted by atomic mass is 32.2. The van der Waals surface area contributed by atoms with Gasteiger partial charge in [0.15, 0.2) is 0 Å². The zero-order chi connectivity index (χ0) is 44.1. The fourth-order valence-electron chi connectivity index (χ4n) is 6.09. The largest absolute Gasteiger partial charge is 0.481 e. The van der Waals surface area contributed by atoms with Crippen molar-refractivity contribution in [2.75, 3.05) is 77.1 Å². The molecular weight excluding hydrogens is 833 g/mol. The van der Waals surface area contributed by atoms with Crippen molar-refractivity contribution in [2.45, 2.75) is 68.0 Å². The van der Waals surface area contributed by atoms with Crippen LogP contribution in [0.4, 0.5) is 5.95 Å². The highest BCUT2D eigenvalue weighted by molar-refractivity contribution is 8.04. The van der Waals surface area contributed by atoms with E-state index in [-0.39, 0.29) is 74.0 Å². The number of hydrogen-bond acceptors (Lipinski definition) is 15. The van der Waals surface area contributed by atoms with Crippen LogP contribution in [-0.2, 0) is 51.0 Å². The summed E-state index contributed by atoms with van der Waals surface area (Å²) in [6.45, 7) is 4.00. The number of fused-ring (bicyclic) bond motifs is 1. The number of H-pyrrole nitrogens is 2. The number of benzene rings is 1. The number of carboxylic acid groups (broad SMARTS) is 1. The van der Waals surface area contributed by atoms with Crippen LogP contribution in [0.5, 0.6) is 0 Å². The van der Waals surface area contributed by atoms with Gasteiger partial charge in [0.1, 0.15) is 18.3 Å². The average molecular weight is 891 g/mol. The van der Waals surface area contributed by atoms with E-state index in [4.69, 9.17) is 30.4 Å². The highest BCUT2D eigenvalue weighted by Gasteiger charge is 2.33. The van der Waals surface area contributed by atoms with E-state index in [1.807, 2.05) is 6.92 Å². The minimum atomic E-state index is -1.21. The molecule has 10 N–H and O–H groups in total. The molecule has 1 aromatic carbocycles. The number of aromatic nitrogens is 3. The number of nitrogens with zero attached hydrogens (tertiary/aromatic N) is 1. The summed E-state index contributed by atoms with van der Waals surface area (Å²) in [5.74, 6) is -1.77. The number of aliphatic carboxylic acids is 1. The van der Waals surface area contributed by atoms with Crippen molar-refractivity contribution in [3.8, 4) is 0 Å². The molecule has 5 atom stereocenters. The Morgan fingerprint density at radius 2 is 1.57 bits per heavy atom. The molecule has 0 spiro atoms. The molecule has 3 aromatic rings. The van der Waals surface area contributed by atoms with Crippen molar-refractivity contribution >= 4 is 70.2 Å². The van der Waals surface area contributed by atoms with Crippen LogP contribution in [0.15, 0.2) is 35.3 Å². The molecule has 0 saturated heterocycles. The second kappa shape index (κ2) is 26.0. The van der Waals surface area contributed by atoms with E-state index in [1.165, 1.54) is 0 Å². The molecule has 0 radical (unpaired) electrons. The summed E-state index contributed by atoms with van der Waals surface area (Å²) in [6, 6.07) is 4.78. The second-order valence-electron chi connectivity index (χ2n) is 14.4. The Morgan fingerprint density at radius 3 is 2.23 bits per heavy atom. The van der Waals surface area contributed by atoms with E-state index >= 15 is 0 Å². The Morgan fingerprint density at radius 1 is 0.918 bits per heavy atom. The maximum absolute atomic E-state index is 13.0. The van der Waals surface area contributed by atoms with Gasteiger partial charge in [-0.1, -0.05) is 19.1 Å². The molecule has 21 heteroatoms. The minimum Gasteiger partial charge on any atom is -0.481 e. The SMILES string of the molecule is COCCOCCNC(=O)C(C)CSC1CCC1SCC(N)C(=O)NCCOCCOC(=O)[C@@H](CCC(=O)O)NC(=O)c1ccc(CCc2c[nH]c3nc(N)[nH]c(=O)c23)cc1. The predicted molar refractivity (Wildman–Crippen MR) is 232 cm³/mol. The normalized spacial score (nSPS) is 16.2. The number of aryl methyl sites for hydroxylation is 2. The number of nitrogens with one attached hydrogen (secondary N) is 5. The van der Waals surface area contributed by atoms with Gasteiger partial charge in [-0.05, 0) is 55.4 Å². The fourth-order valence-corrected chi connectivity index (χ4v) is 9.16. The van der Waals surface area contributed by atoms with Crippen molar-refractivity contribution in [3.63, 3.8) is 0 Å². The zero-order valence-electron chi connectivity index (χ0n) is 34.5. The molecule has 3 amide bonds. The van der Waals surface area contributed by atoms with Crippen LogP contribution < -0.4 is 33.0 Å².